The molecular formula is C40H41F5N6O3S. The summed E-state index contributed by atoms with van der Waals surface area (Å²) in [7, 11) is 1.66. The lowest BCUT2D eigenvalue weighted by molar-refractivity contribution is -0.137. The maximum absolute atomic E-state index is 14.5. The van der Waals surface area contributed by atoms with Gasteiger partial charge in [-0.15, -0.1) is 0 Å². The Hall–Kier alpha value is -4.86. The molecule has 0 saturated carbocycles. The van der Waals surface area contributed by atoms with Gasteiger partial charge >= 0.3 is 6.18 Å². The zero-order valence-corrected chi connectivity index (χ0v) is 31.2. The van der Waals surface area contributed by atoms with Crippen LogP contribution in [0, 0.1) is 11.6 Å². The third-order valence-corrected chi connectivity index (χ3v) is 10.9. The second kappa shape index (κ2) is 17.7. The van der Waals surface area contributed by atoms with E-state index in [9.17, 15) is 31.5 Å². The Bertz CT molecular complexity index is 2100. The van der Waals surface area contributed by atoms with Crippen molar-refractivity contribution in [3.8, 4) is 11.1 Å². The Kier molecular flexibility index (Phi) is 12.8. The Morgan fingerprint density at radius 1 is 1.04 bits per heavy atom. The number of rotatable bonds is 14. The lowest BCUT2D eigenvalue weighted by Gasteiger charge is -2.39. The van der Waals surface area contributed by atoms with Gasteiger partial charge in [0.2, 0.25) is 5.91 Å². The summed E-state index contributed by atoms with van der Waals surface area (Å²) in [5.74, 6) is -2.68. The van der Waals surface area contributed by atoms with E-state index in [1.54, 1.807) is 19.5 Å². The van der Waals surface area contributed by atoms with Crippen LogP contribution in [-0.2, 0) is 34.4 Å². The summed E-state index contributed by atoms with van der Waals surface area (Å²) in [6.45, 7) is 4.96. The van der Waals surface area contributed by atoms with E-state index in [1.165, 1.54) is 24.3 Å². The summed E-state index contributed by atoms with van der Waals surface area (Å²) in [5.41, 5.74) is 2.40. The fourth-order valence-electron chi connectivity index (χ4n) is 6.82. The first-order valence-corrected chi connectivity index (χ1v) is 18.8. The van der Waals surface area contributed by atoms with Gasteiger partial charge in [-0.05, 0) is 53.3 Å². The quantitative estimate of drug-likeness (QED) is 0.0680. The number of halogens is 5. The predicted molar refractivity (Wildman–Crippen MR) is 199 cm³/mol. The lowest BCUT2D eigenvalue weighted by atomic mass is 9.93. The molecule has 1 atom stereocenters. The molecule has 15 heteroatoms. The number of thioether (sulfide) groups is 1. The molecule has 1 aliphatic rings. The summed E-state index contributed by atoms with van der Waals surface area (Å²) in [5, 5.41) is 6.95. The number of hydrogen-bond acceptors (Lipinski definition) is 7. The van der Waals surface area contributed by atoms with Gasteiger partial charge in [-0.3, -0.25) is 14.7 Å². The van der Waals surface area contributed by atoms with E-state index in [0.29, 0.717) is 30.6 Å². The van der Waals surface area contributed by atoms with Crippen molar-refractivity contribution >= 4 is 17.7 Å². The number of carbonyl (C=O) groups excluding carboxylic acids is 1. The van der Waals surface area contributed by atoms with Crippen molar-refractivity contribution in [3.63, 3.8) is 0 Å². The van der Waals surface area contributed by atoms with Crippen LogP contribution in [0.4, 0.5) is 22.0 Å². The number of likely N-dealkylation sites (tertiary alicyclic amines) is 1. The number of ether oxygens (including phenoxy) is 1. The van der Waals surface area contributed by atoms with Crippen LogP contribution in [0.5, 0.6) is 0 Å². The monoisotopic (exact) mass is 780 g/mol. The summed E-state index contributed by atoms with van der Waals surface area (Å²) in [4.78, 5) is 39.9. The topological polar surface area (TPSA) is 107 Å². The van der Waals surface area contributed by atoms with Gasteiger partial charge in [0.15, 0.2) is 16.8 Å². The maximum Gasteiger partial charge on any atom is 0.416 e. The number of methoxy groups -OCH3 is 1. The molecule has 2 aromatic heterocycles. The average Bonchev–Trinajstić information content (AvgIpc) is 3.72. The van der Waals surface area contributed by atoms with Crippen LogP contribution >= 0.6 is 11.8 Å². The lowest BCUT2D eigenvalue weighted by Crippen LogP contribution is -2.48. The molecule has 1 saturated heterocycles. The molecule has 3 aromatic carbocycles. The summed E-state index contributed by atoms with van der Waals surface area (Å²) in [6.07, 6.45) is 0.0613. The van der Waals surface area contributed by atoms with E-state index in [-0.39, 0.29) is 47.1 Å². The van der Waals surface area contributed by atoms with E-state index in [2.05, 4.69) is 20.1 Å². The molecule has 9 nitrogen and oxygen atoms in total. The summed E-state index contributed by atoms with van der Waals surface area (Å²) in [6, 6.07) is 16.1. The third kappa shape index (κ3) is 9.88. The zero-order valence-electron chi connectivity index (χ0n) is 30.3. The molecule has 55 heavy (non-hydrogen) atoms. The van der Waals surface area contributed by atoms with Crippen molar-refractivity contribution in [3.05, 3.63) is 135 Å². The van der Waals surface area contributed by atoms with Gasteiger partial charge in [-0.1, -0.05) is 67.2 Å². The highest BCUT2D eigenvalue weighted by atomic mass is 32.2. The van der Waals surface area contributed by atoms with Gasteiger partial charge < -0.3 is 19.5 Å². The van der Waals surface area contributed by atoms with E-state index in [1.807, 2.05) is 36.1 Å². The van der Waals surface area contributed by atoms with Crippen molar-refractivity contribution in [2.75, 3.05) is 33.4 Å². The van der Waals surface area contributed by atoms with Crippen molar-refractivity contribution < 1.29 is 31.5 Å². The van der Waals surface area contributed by atoms with E-state index in [4.69, 9.17) is 9.72 Å². The number of alkyl halides is 3. The number of nitrogens with zero attached hydrogens (tertiary/aromatic N) is 4. The number of aromatic amines is 2. The fourth-order valence-corrected chi connectivity index (χ4v) is 7.67. The first kappa shape index (κ1) is 39.8. The summed E-state index contributed by atoms with van der Waals surface area (Å²) < 4.78 is 73.0. The predicted octanol–water partition coefficient (Wildman–Crippen LogP) is 7.58. The Balaban J connectivity index is 1.28. The minimum atomic E-state index is -4.43. The van der Waals surface area contributed by atoms with Crippen LogP contribution in [0.1, 0.15) is 59.2 Å². The maximum atomic E-state index is 14.5. The summed E-state index contributed by atoms with van der Waals surface area (Å²) >= 11 is 1.03. The largest absolute Gasteiger partial charge is 0.416 e. The van der Waals surface area contributed by atoms with Crippen LogP contribution < -0.4 is 5.56 Å². The number of hydrogen-bond donors (Lipinski definition) is 2. The highest BCUT2D eigenvalue weighted by molar-refractivity contribution is 7.98. The number of carbonyl (C=O) groups is 1. The Labute approximate surface area is 319 Å². The minimum absolute atomic E-state index is 0.00715. The number of amides is 1. The molecule has 0 bridgehead atoms. The number of H-pyrrole nitrogens is 2. The SMILES string of the molecule is COCCN1CCC(N(Cc2ccc(-c3ccc(C(F)(F)F)cc3)cc2)C(=O)Cc2nc(SCc3cccc(F)c3F)[nH]c(=O)c2C(C)c2cn[nH]c2)CC1. The fraction of sp³-hybridized carbons (Fsp3) is 0.350. The molecule has 6 rings (SSSR count). The molecule has 0 radical (unpaired) electrons. The van der Waals surface area contributed by atoms with Crippen LogP contribution in [0.25, 0.3) is 11.1 Å². The molecule has 5 aromatic rings. The average molecular weight is 781 g/mol. The van der Waals surface area contributed by atoms with Gasteiger partial charge in [0.25, 0.3) is 5.56 Å². The van der Waals surface area contributed by atoms with E-state index in [0.717, 1.165) is 66.3 Å². The van der Waals surface area contributed by atoms with Gasteiger partial charge in [0, 0.05) is 68.3 Å². The van der Waals surface area contributed by atoms with Crippen LogP contribution in [0.3, 0.4) is 0 Å². The smallest absolute Gasteiger partial charge is 0.383 e. The standard InChI is InChI=1S/C40H41F5N6O3S/c1-25(30-21-46-47-22-30)36-34(48-39(49-38(36)53)55-24-29-4-3-5-33(41)37(29)42)20-35(52)51(32-14-16-50(17-15-32)18-19-54-2)23-26-6-8-27(9-7-26)28-10-12-31(13-11-28)40(43,44)45/h3-13,21-22,25,32H,14-20,23-24H2,1-2H3,(H,46,47)(H,48,49,53). The number of nitrogens with one attached hydrogen (secondary N) is 2. The minimum Gasteiger partial charge on any atom is -0.383 e. The normalized spacial score (nSPS) is 14.6. The van der Waals surface area contributed by atoms with Gasteiger partial charge in [-0.2, -0.15) is 18.3 Å². The van der Waals surface area contributed by atoms with Crippen LogP contribution in [0.15, 0.2) is 89.1 Å². The van der Waals surface area contributed by atoms with Gasteiger partial charge in [0.1, 0.15) is 0 Å². The van der Waals surface area contributed by atoms with Crippen LogP contribution in [0.2, 0.25) is 0 Å². The number of aromatic nitrogens is 4. The first-order valence-electron chi connectivity index (χ1n) is 17.9. The molecule has 1 amide bonds. The molecule has 290 valence electrons. The van der Waals surface area contributed by atoms with Crippen molar-refractivity contribution in [2.24, 2.45) is 0 Å². The third-order valence-electron chi connectivity index (χ3n) is 9.96. The van der Waals surface area contributed by atoms with Gasteiger partial charge in [-0.25, -0.2) is 13.8 Å². The molecule has 0 aliphatic carbocycles. The highest BCUT2D eigenvalue weighted by Gasteiger charge is 2.31. The second-order valence-electron chi connectivity index (χ2n) is 13.5. The second-order valence-corrected chi connectivity index (χ2v) is 14.5. The van der Waals surface area contributed by atoms with E-state index < -0.39 is 34.9 Å². The van der Waals surface area contributed by atoms with Crippen LogP contribution in [-0.4, -0.2) is 75.3 Å². The molecule has 0 spiro atoms. The Morgan fingerprint density at radius 3 is 2.36 bits per heavy atom. The zero-order chi connectivity index (χ0) is 39.1. The van der Waals surface area contributed by atoms with Crippen molar-refractivity contribution in [1.82, 2.24) is 30.0 Å². The molecule has 1 aliphatic heterocycles. The van der Waals surface area contributed by atoms with Crippen molar-refractivity contribution in [1.29, 1.82) is 0 Å². The van der Waals surface area contributed by atoms with Gasteiger partial charge in [0.05, 0.1) is 30.5 Å². The highest BCUT2D eigenvalue weighted by Crippen LogP contribution is 2.32. The molecule has 2 N–H and O–H groups in total. The molecule has 1 fully saturated rings. The number of piperidine rings is 1. The number of benzene rings is 3. The van der Waals surface area contributed by atoms with E-state index >= 15 is 0 Å². The van der Waals surface area contributed by atoms with Crippen molar-refractivity contribution in [2.45, 2.75) is 61.8 Å². The Morgan fingerprint density at radius 2 is 1.73 bits per heavy atom. The molecule has 3 heterocycles. The molecular weight excluding hydrogens is 740 g/mol. The first-order chi connectivity index (χ1) is 26.4. The molecule has 1 unspecified atom stereocenters.